The van der Waals surface area contributed by atoms with E-state index < -0.39 is 6.17 Å². The van der Waals surface area contributed by atoms with Crippen LogP contribution in [-0.4, -0.2) is 54.3 Å². The molecule has 0 fully saturated rings. The van der Waals surface area contributed by atoms with Gasteiger partial charge in [-0.1, -0.05) is 10.7 Å². The van der Waals surface area contributed by atoms with Crippen molar-refractivity contribution in [2.24, 2.45) is 10.1 Å². The zero-order chi connectivity index (χ0) is 20.1. The van der Waals surface area contributed by atoms with Crippen molar-refractivity contribution in [3.8, 4) is 5.75 Å². The maximum atomic E-state index is 8.97. The predicted octanol–water partition coefficient (Wildman–Crippen LogP) is 3.17. The number of benzene rings is 1. The van der Waals surface area contributed by atoms with Gasteiger partial charge in [0.15, 0.2) is 0 Å². The van der Waals surface area contributed by atoms with Gasteiger partial charge in [0.25, 0.3) is 0 Å². The fourth-order valence-electron chi connectivity index (χ4n) is 3.50. The highest BCUT2D eigenvalue weighted by molar-refractivity contribution is 5.91. The van der Waals surface area contributed by atoms with Crippen LogP contribution in [0.4, 0.5) is 5.82 Å². The Kier molecular flexibility index (Phi) is 6.08. The van der Waals surface area contributed by atoms with E-state index in [2.05, 4.69) is 29.9 Å². The van der Waals surface area contributed by atoms with Crippen LogP contribution in [0.2, 0.25) is 0 Å². The standard InChI is InChI=1S/C19H23N7O2/c1-12-8-16-15(9-17(12)28-3)19(23-11-22-16)26-6-4-14(13(2)10-26)18(24-25-20)21-5-7-27/h5,8-9,11,18,27H,4,6-7,10H2,1-3H3/b21-5+. The number of aliphatic imine (C=N–C) groups is 1. The molecule has 2 aromatic rings. The highest BCUT2D eigenvalue weighted by atomic mass is 16.5. The van der Waals surface area contributed by atoms with Crippen molar-refractivity contribution >= 4 is 22.9 Å². The minimum absolute atomic E-state index is 0.190. The molecule has 1 aromatic carbocycles. The Morgan fingerprint density at radius 2 is 2.21 bits per heavy atom. The Bertz CT molecular complexity index is 980. The summed E-state index contributed by atoms with van der Waals surface area (Å²) in [5.74, 6) is 1.65. The average Bonchev–Trinajstić information content (AvgIpc) is 2.70. The molecule has 9 nitrogen and oxygen atoms in total. The Labute approximate surface area is 163 Å². The van der Waals surface area contributed by atoms with Gasteiger partial charge in [-0.05, 0) is 49.1 Å². The number of aromatic nitrogens is 2. The summed E-state index contributed by atoms with van der Waals surface area (Å²) in [4.78, 5) is 18.2. The lowest BCUT2D eigenvalue weighted by molar-refractivity contribution is 0.361. The summed E-state index contributed by atoms with van der Waals surface area (Å²) in [5, 5.41) is 13.7. The second-order valence-electron chi connectivity index (χ2n) is 6.61. The minimum atomic E-state index is -0.621. The molecule has 9 heteroatoms. The van der Waals surface area contributed by atoms with Gasteiger partial charge in [0.1, 0.15) is 24.1 Å². The number of hydrogen-bond acceptors (Lipinski definition) is 7. The lowest BCUT2D eigenvalue weighted by atomic mass is 9.98. The summed E-state index contributed by atoms with van der Waals surface area (Å²) < 4.78 is 5.46. The van der Waals surface area contributed by atoms with E-state index >= 15 is 0 Å². The Morgan fingerprint density at radius 1 is 1.39 bits per heavy atom. The number of methoxy groups -OCH3 is 1. The van der Waals surface area contributed by atoms with E-state index in [1.165, 1.54) is 6.21 Å². The SMILES string of the molecule is COc1cc2c(N3CCC(C(N=[N+]=[N-])/N=C/CO)=C(C)C3)ncnc2cc1C. The van der Waals surface area contributed by atoms with Gasteiger partial charge in [-0.15, -0.1) is 0 Å². The molecular weight excluding hydrogens is 358 g/mol. The quantitative estimate of drug-likeness (QED) is 0.271. The third-order valence-electron chi connectivity index (χ3n) is 4.86. The number of rotatable bonds is 6. The minimum Gasteiger partial charge on any atom is -0.496 e. The molecular formula is C19H23N7O2. The first-order valence-corrected chi connectivity index (χ1v) is 8.98. The molecule has 3 rings (SSSR count). The van der Waals surface area contributed by atoms with E-state index in [0.717, 1.165) is 39.2 Å². The topological polar surface area (TPSA) is 120 Å². The average molecular weight is 381 g/mol. The highest BCUT2D eigenvalue weighted by Gasteiger charge is 2.24. The summed E-state index contributed by atoms with van der Waals surface area (Å²) in [7, 11) is 1.65. The van der Waals surface area contributed by atoms with Crippen LogP contribution in [0.5, 0.6) is 5.75 Å². The summed E-state index contributed by atoms with van der Waals surface area (Å²) in [6, 6.07) is 3.97. The number of aliphatic hydroxyl groups is 1. The van der Waals surface area contributed by atoms with E-state index in [1.54, 1.807) is 13.4 Å². The molecule has 0 aliphatic carbocycles. The lowest BCUT2D eigenvalue weighted by Crippen LogP contribution is -2.34. The van der Waals surface area contributed by atoms with Gasteiger partial charge in [-0.3, -0.25) is 4.99 Å². The molecule has 0 amide bonds. The fourth-order valence-corrected chi connectivity index (χ4v) is 3.50. The van der Waals surface area contributed by atoms with Gasteiger partial charge in [-0.2, -0.15) is 0 Å². The van der Waals surface area contributed by atoms with E-state index in [4.69, 9.17) is 15.4 Å². The van der Waals surface area contributed by atoms with Crippen LogP contribution in [0.15, 0.2) is 39.7 Å². The number of aliphatic hydroxyl groups excluding tert-OH is 1. The van der Waals surface area contributed by atoms with Crippen molar-refractivity contribution in [3.05, 3.63) is 45.6 Å². The number of azide groups is 1. The molecule has 0 radical (unpaired) electrons. The van der Waals surface area contributed by atoms with Crippen LogP contribution in [0, 0.1) is 6.92 Å². The smallest absolute Gasteiger partial charge is 0.150 e. The molecule has 1 N–H and O–H groups in total. The first-order valence-electron chi connectivity index (χ1n) is 8.98. The van der Waals surface area contributed by atoms with Crippen LogP contribution < -0.4 is 9.64 Å². The normalized spacial score (nSPS) is 15.8. The van der Waals surface area contributed by atoms with Crippen LogP contribution in [-0.2, 0) is 0 Å². The molecule has 146 valence electrons. The molecule has 0 saturated heterocycles. The largest absolute Gasteiger partial charge is 0.496 e. The highest BCUT2D eigenvalue weighted by Crippen LogP contribution is 2.32. The second-order valence-corrected chi connectivity index (χ2v) is 6.61. The molecule has 1 aliphatic rings. The van der Waals surface area contributed by atoms with Gasteiger partial charge < -0.3 is 14.7 Å². The van der Waals surface area contributed by atoms with Crippen molar-refractivity contribution in [2.45, 2.75) is 26.4 Å². The maximum Gasteiger partial charge on any atom is 0.150 e. The van der Waals surface area contributed by atoms with Crippen LogP contribution in [0.25, 0.3) is 21.3 Å². The maximum absolute atomic E-state index is 8.97. The first-order chi connectivity index (χ1) is 13.6. The number of ether oxygens (including phenoxy) is 1. The number of nitrogens with zero attached hydrogens (tertiary/aromatic N) is 7. The van der Waals surface area contributed by atoms with Crippen molar-refractivity contribution in [3.63, 3.8) is 0 Å². The van der Waals surface area contributed by atoms with Gasteiger partial charge in [0.05, 0.1) is 19.2 Å². The first kappa shape index (κ1) is 19.6. The molecule has 1 aliphatic heterocycles. The fraction of sp³-hybridized carbons (Fsp3) is 0.421. The molecule has 0 bridgehead atoms. The van der Waals surface area contributed by atoms with Gasteiger partial charge in [-0.25, -0.2) is 9.97 Å². The van der Waals surface area contributed by atoms with Crippen LogP contribution in [0.1, 0.15) is 18.9 Å². The van der Waals surface area contributed by atoms with Crippen molar-refractivity contribution < 1.29 is 9.84 Å². The van der Waals surface area contributed by atoms with E-state index in [0.29, 0.717) is 19.5 Å². The van der Waals surface area contributed by atoms with Gasteiger partial charge >= 0.3 is 0 Å². The zero-order valence-corrected chi connectivity index (χ0v) is 16.2. The van der Waals surface area contributed by atoms with Crippen LogP contribution in [0.3, 0.4) is 0 Å². The molecule has 1 aromatic heterocycles. The Balaban J connectivity index is 1.96. The molecule has 1 unspecified atom stereocenters. The molecule has 2 heterocycles. The number of aryl methyl sites for hydroxylation is 1. The Hall–Kier alpha value is -3.16. The van der Waals surface area contributed by atoms with Crippen molar-refractivity contribution in [2.75, 3.05) is 31.7 Å². The van der Waals surface area contributed by atoms with Crippen molar-refractivity contribution in [1.29, 1.82) is 0 Å². The van der Waals surface area contributed by atoms with Gasteiger partial charge in [0, 0.05) is 29.6 Å². The lowest BCUT2D eigenvalue weighted by Gasteiger charge is -2.32. The number of hydrogen-bond donors (Lipinski definition) is 1. The molecule has 0 spiro atoms. The number of fused-ring (bicyclic) bond motifs is 1. The Morgan fingerprint density at radius 3 is 2.89 bits per heavy atom. The summed E-state index contributed by atoms with van der Waals surface area (Å²) >= 11 is 0. The third kappa shape index (κ3) is 3.90. The predicted molar refractivity (Wildman–Crippen MR) is 109 cm³/mol. The molecule has 0 saturated carbocycles. The summed E-state index contributed by atoms with van der Waals surface area (Å²) in [6.07, 6.45) is 3.00. The molecule has 1 atom stereocenters. The third-order valence-corrected chi connectivity index (χ3v) is 4.86. The van der Waals surface area contributed by atoms with Crippen LogP contribution >= 0.6 is 0 Å². The summed E-state index contributed by atoms with van der Waals surface area (Å²) in [5.41, 5.74) is 12.8. The summed E-state index contributed by atoms with van der Waals surface area (Å²) in [6.45, 7) is 5.15. The monoisotopic (exact) mass is 381 g/mol. The van der Waals surface area contributed by atoms with Gasteiger partial charge in [0.2, 0.25) is 0 Å². The second kappa shape index (κ2) is 8.69. The molecule has 28 heavy (non-hydrogen) atoms. The zero-order valence-electron chi connectivity index (χ0n) is 16.2. The van der Waals surface area contributed by atoms with Crippen molar-refractivity contribution in [1.82, 2.24) is 9.97 Å². The van der Waals surface area contributed by atoms with E-state index in [1.807, 2.05) is 26.0 Å². The van der Waals surface area contributed by atoms with E-state index in [-0.39, 0.29) is 6.61 Å². The van der Waals surface area contributed by atoms with E-state index in [9.17, 15) is 0 Å². The number of anilines is 1.